The van der Waals surface area contributed by atoms with Crippen molar-refractivity contribution in [2.75, 3.05) is 12.4 Å². The topological polar surface area (TPSA) is 21.3 Å². The average molecular weight is 298 g/mol. The molecule has 0 aromatic heterocycles. The van der Waals surface area contributed by atoms with Crippen molar-refractivity contribution in [3.05, 3.63) is 28.8 Å². The Labute approximate surface area is 124 Å². The smallest absolute Gasteiger partial charge is 0.0669 e. The van der Waals surface area contributed by atoms with E-state index in [1.54, 1.807) is 0 Å². The zero-order chi connectivity index (χ0) is 13.1. The number of hydrogen-bond acceptors (Lipinski definition) is 3. The van der Waals surface area contributed by atoms with Gasteiger partial charge in [-0.05, 0) is 43.4 Å². The van der Waals surface area contributed by atoms with Gasteiger partial charge in [0.2, 0.25) is 0 Å². The van der Waals surface area contributed by atoms with Gasteiger partial charge in [-0.25, -0.2) is 0 Å². The van der Waals surface area contributed by atoms with Gasteiger partial charge < -0.3 is 10.1 Å². The zero-order valence-electron chi connectivity index (χ0n) is 11.0. The van der Waals surface area contributed by atoms with Crippen LogP contribution in [0.4, 0.5) is 0 Å². The third kappa shape index (κ3) is 4.12. The van der Waals surface area contributed by atoms with Gasteiger partial charge in [-0.1, -0.05) is 17.7 Å². The van der Waals surface area contributed by atoms with Crippen LogP contribution in [0.2, 0.25) is 5.02 Å². The molecule has 1 aliphatic heterocycles. The summed E-state index contributed by atoms with van der Waals surface area (Å²) in [6.07, 6.45) is 5.48. The van der Waals surface area contributed by atoms with Gasteiger partial charge in [0.1, 0.15) is 0 Å². The maximum absolute atomic E-state index is 6.12. The monoisotopic (exact) mass is 297 g/mol. The molecule has 1 aliphatic carbocycles. The third-order valence-electron chi connectivity index (χ3n) is 3.64. The summed E-state index contributed by atoms with van der Waals surface area (Å²) >= 11 is 8.00. The molecule has 1 heterocycles. The molecule has 1 aromatic rings. The van der Waals surface area contributed by atoms with Crippen molar-refractivity contribution in [3.8, 4) is 0 Å². The molecule has 1 unspecified atom stereocenters. The van der Waals surface area contributed by atoms with Gasteiger partial charge >= 0.3 is 0 Å². The molecule has 3 rings (SSSR count). The maximum Gasteiger partial charge on any atom is 0.0669 e. The lowest BCUT2D eigenvalue weighted by atomic mass is 10.2. The highest BCUT2D eigenvalue weighted by Gasteiger charge is 2.21. The molecule has 19 heavy (non-hydrogen) atoms. The van der Waals surface area contributed by atoms with E-state index in [4.69, 9.17) is 16.3 Å². The number of halogens is 1. The van der Waals surface area contributed by atoms with E-state index in [0.29, 0.717) is 6.10 Å². The van der Waals surface area contributed by atoms with Gasteiger partial charge in [0.15, 0.2) is 0 Å². The molecule has 1 saturated carbocycles. The first-order valence-electron chi connectivity index (χ1n) is 7.07. The molecule has 1 aromatic carbocycles. The van der Waals surface area contributed by atoms with Crippen molar-refractivity contribution >= 4 is 23.4 Å². The lowest BCUT2D eigenvalue weighted by Gasteiger charge is -2.13. The molecule has 2 nitrogen and oxygen atoms in total. The lowest BCUT2D eigenvalue weighted by Crippen LogP contribution is -2.16. The van der Waals surface area contributed by atoms with Crippen molar-refractivity contribution in [2.24, 2.45) is 0 Å². The van der Waals surface area contributed by atoms with E-state index in [9.17, 15) is 0 Å². The van der Waals surface area contributed by atoms with Gasteiger partial charge in [-0.3, -0.25) is 0 Å². The van der Waals surface area contributed by atoms with Crippen molar-refractivity contribution in [3.63, 3.8) is 0 Å². The summed E-state index contributed by atoms with van der Waals surface area (Å²) in [6, 6.07) is 6.97. The molecule has 104 valence electrons. The molecular weight excluding hydrogens is 278 g/mol. The molecule has 1 N–H and O–H groups in total. The number of nitrogens with one attached hydrogen (secondary N) is 1. The third-order valence-corrected chi connectivity index (χ3v) is 5.10. The standard InChI is InChI=1S/C15H20ClNOS/c16-12-4-3-11(9-17-13-5-6-13)15(8-12)19-10-14-2-1-7-18-14/h3-4,8,13-14,17H,1-2,5-7,9-10H2. The van der Waals surface area contributed by atoms with Gasteiger partial charge in [0, 0.05) is 34.9 Å². The normalized spacial score (nSPS) is 22.9. The molecule has 0 spiro atoms. The van der Waals surface area contributed by atoms with E-state index < -0.39 is 0 Å². The fraction of sp³-hybridized carbons (Fsp3) is 0.600. The van der Waals surface area contributed by atoms with E-state index >= 15 is 0 Å². The van der Waals surface area contributed by atoms with Crippen molar-refractivity contribution < 1.29 is 4.74 Å². The van der Waals surface area contributed by atoms with E-state index in [-0.39, 0.29) is 0 Å². The minimum atomic E-state index is 0.424. The first kappa shape index (κ1) is 13.7. The minimum absolute atomic E-state index is 0.424. The lowest BCUT2D eigenvalue weighted by molar-refractivity contribution is 0.129. The Balaban J connectivity index is 1.60. The minimum Gasteiger partial charge on any atom is -0.377 e. The highest BCUT2D eigenvalue weighted by molar-refractivity contribution is 7.99. The number of rotatable bonds is 6. The summed E-state index contributed by atoms with van der Waals surface area (Å²) in [5.74, 6) is 1.04. The average Bonchev–Trinajstić information content (AvgIpc) is 3.09. The van der Waals surface area contributed by atoms with Crippen molar-refractivity contribution in [2.45, 2.75) is 49.3 Å². The largest absolute Gasteiger partial charge is 0.377 e. The second kappa shape index (κ2) is 6.49. The molecule has 2 aliphatic rings. The zero-order valence-corrected chi connectivity index (χ0v) is 12.6. The van der Waals surface area contributed by atoms with Crippen LogP contribution in [-0.2, 0) is 11.3 Å². The Morgan fingerprint density at radius 1 is 1.32 bits per heavy atom. The Bertz CT molecular complexity index is 430. The van der Waals surface area contributed by atoms with E-state index in [2.05, 4.69) is 17.4 Å². The SMILES string of the molecule is Clc1ccc(CNC2CC2)c(SCC2CCCO2)c1. The Kier molecular flexibility index (Phi) is 4.69. The molecule has 0 bridgehead atoms. The Morgan fingerprint density at radius 3 is 2.95 bits per heavy atom. The number of benzene rings is 1. The van der Waals surface area contributed by atoms with Crippen LogP contribution < -0.4 is 5.32 Å². The molecule has 2 fully saturated rings. The van der Waals surface area contributed by atoms with Crippen LogP contribution in [0.5, 0.6) is 0 Å². The molecular formula is C15H20ClNOS. The number of ether oxygens (including phenoxy) is 1. The van der Waals surface area contributed by atoms with Crippen molar-refractivity contribution in [1.82, 2.24) is 5.32 Å². The van der Waals surface area contributed by atoms with Crippen LogP contribution in [0.25, 0.3) is 0 Å². The highest BCUT2D eigenvalue weighted by atomic mass is 35.5. The van der Waals surface area contributed by atoms with E-state index in [0.717, 1.165) is 30.0 Å². The number of hydrogen-bond donors (Lipinski definition) is 1. The summed E-state index contributed by atoms with van der Waals surface area (Å²) < 4.78 is 5.68. The van der Waals surface area contributed by atoms with Gasteiger partial charge in [-0.15, -0.1) is 11.8 Å². The van der Waals surface area contributed by atoms with Crippen LogP contribution in [0.1, 0.15) is 31.2 Å². The molecule has 4 heteroatoms. The van der Waals surface area contributed by atoms with Crippen LogP contribution in [0.3, 0.4) is 0 Å². The summed E-state index contributed by atoms with van der Waals surface area (Å²) in [6.45, 7) is 1.88. The molecule has 0 amide bonds. The predicted octanol–water partition coefficient (Wildman–Crippen LogP) is 3.86. The number of thioether (sulfide) groups is 1. The van der Waals surface area contributed by atoms with Crippen LogP contribution in [0, 0.1) is 0 Å². The van der Waals surface area contributed by atoms with Gasteiger partial charge in [0.25, 0.3) is 0 Å². The van der Waals surface area contributed by atoms with E-state index in [1.807, 2.05) is 17.8 Å². The predicted molar refractivity (Wildman–Crippen MR) is 81.0 cm³/mol. The summed E-state index contributed by atoms with van der Waals surface area (Å²) in [5.41, 5.74) is 1.36. The van der Waals surface area contributed by atoms with Gasteiger partial charge in [-0.2, -0.15) is 0 Å². The Morgan fingerprint density at radius 2 is 2.21 bits per heavy atom. The molecule has 0 radical (unpaired) electrons. The van der Waals surface area contributed by atoms with Crippen LogP contribution in [0.15, 0.2) is 23.1 Å². The van der Waals surface area contributed by atoms with Crippen LogP contribution >= 0.6 is 23.4 Å². The van der Waals surface area contributed by atoms with Gasteiger partial charge in [0.05, 0.1) is 6.10 Å². The second-order valence-electron chi connectivity index (χ2n) is 5.35. The quantitative estimate of drug-likeness (QED) is 0.806. The fourth-order valence-electron chi connectivity index (χ4n) is 2.31. The molecule has 1 saturated heterocycles. The van der Waals surface area contributed by atoms with Crippen LogP contribution in [-0.4, -0.2) is 24.5 Å². The summed E-state index contributed by atoms with van der Waals surface area (Å²) in [5, 5.41) is 4.40. The first-order chi connectivity index (χ1) is 9.31. The first-order valence-corrected chi connectivity index (χ1v) is 8.44. The second-order valence-corrected chi connectivity index (χ2v) is 6.85. The van der Waals surface area contributed by atoms with E-state index in [1.165, 1.54) is 36.1 Å². The highest BCUT2D eigenvalue weighted by Crippen LogP contribution is 2.30. The maximum atomic E-state index is 6.12. The summed E-state index contributed by atoms with van der Waals surface area (Å²) in [4.78, 5) is 1.30. The van der Waals surface area contributed by atoms with Crippen molar-refractivity contribution in [1.29, 1.82) is 0 Å². The Hall–Kier alpha value is -0.220. The molecule has 1 atom stereocenters. The fourth-order valence-corrected chi connectivity index (χ4v) is 3.71. The summed E-state index contributed by atoms with van der Waals surface area (Å²) in [7, 11) is 0.